The van der Waals surface area contributed by atoms with Gasteiger partial charge in [0.1, 0.15) is 5.82 Å². The van der Waals surface area contributed by atoms with Crippen LogP contribution in [0, 0.1) is 5.82 Å². The monoisotopic (exact) mass is 509 g/mol. The molecule has 3 heterocycles. The number of hydrogen-bond acceptors (Lipinski definition) is 6. The summed E-state index contributed by atoms with van der Waals surface area (Å²) in [5.41, 5.74) is 1.62. The van der Waals surface area contributed by atoms with Crippen LogP contribution >= 0.6 is 11.3 Å². The molecule has 0 bridgehead atoms. The van der Waals surface area contributed by atoms with Crippen LogP contribution in [0.25, 0.3) is 0 Å². The molecular weight excluding hydrogens is 481 g/mol. The number of carbonyl (C=O) groups is 2. The van der Waals surface area contributed by atoms with Gasteiger partial charge in [-0.15, -0.1) is 11.3 Å². The number of para-hydroxylation sites is 1. The summed E-state index contributed by atoms with van der Waals surface area (Å²) < 4.78 is 25.3. The first-order chi connectivity index (χ1) is 17.4. The molecule has 2 aliphatic rings. The standard InChI is InChI=1S/C27H28FN3O4S/c1-29-25(23-9-6-14-36-23)24(17-15-21(34-2)22(35-3)16-18(17)26(29)32)27(33)31-12-10-30(11-13-31)20-8-5-4-7-19(20)28/h4-9,14-16,24-25H,10-13H2,1-3H3/t24-,25-/m0/s1. The molecule has 0 saturated carbocycles. The van der Waals surface area contributed by atoms with Gasteiger partial charge < -0.3 is 24.2 Å². The Kier molecular flexibility index (Phi) is 6.57. The van der Waals surface area contributed by atoms with Crippen LogP contribution in [0.15, 0.2) is 53.9 Å². The number of hydrogen-bond donors (Lipinski definition) is 0. The van der Waals surface area contributed by atoms with Crippen molar-refractivity contribution in [3.05, 3.63) is 75.7 Å². The number of halogens is 1. The third kappa shape index (κ3) is 4.07. The number of benzene rings is 2. The maximum Gasteiger partial charge on any atom is 0.254 e. The summed E-state index contributed by atoms with van der Waals surface area (Å²) in [5.74, 6) is -0.191. The molecule has 0 unspecified atom stereocenters. The fourth-order valence-corrected chi connectivity index (χ4v) is 6.11. The molecule has 2 amide bonds. The Labute approximate surface area is 213 Å². The SMILES string of the molecule is COc1cc2c(cc1OC)[C@H](C(=O)N1CCN(c3ccccc3F)CC1)[C@H](c1cccs1)N(C)C2=O. The van der Waals surface area contributed by atoms with Gasteiger partial charge in [0.2, 0.25) is 5.91 Å². The zero-order valence-corrected chi connectivity index (χ0v) is 21.3. The van der Waals surface area contributed by atoms with Gasteiger partial charge in [-0.05, 0) is 41.3 Å². The van der Waals surface area contributed by atoms with Crippen molar-refractivity contribution in [3.8, 4) is 11.5 Å². The third-order valence-electron chi connectivity index (χ3n) is 7.06. The Morgan fingerprint density at radius 2 is 1.69 bits per heavy atom. The van der Waals surface area contributed by atoms with E-state index in [1.54, 1.807) is 36.2 Å². The Morgan fingerprint density at radius 3 is 2.33 bits per heavy atom. The van der Waals surface area contributed by atoms with Gasteiger partial charge in [0, 0.05) is 43.7 Å². The van der Waals surface area contributed by atoms with Gasteiger partial charge in [-0.1, -0.05) is 18.2 Å². The van der Waals surface area contributed by atoms with Crippen molar-refractivity contribution < 1.29 is 23.5 Å². The summed E-state index contributed by atoms with van der Waals surface area (Å²) in [7, 11) is 4.80. The van der Waals surface area contributed by atoms with Gasteiger partial charge in [0.05, 0.1) is 31.9 Å². The van der Waals surface area contributed by atoms with E-state index >= 15 is 0 Å². The lowest BCUT2D eigenvalue weighted by Gasteiger charge is -2.43. The Hall–Kier alpha value is -3.59. The highest BCUT2D eigenvalue weighted by Crippen LogP contribution is 2.47. The maximum atomic E-state index is 14.3. The lowest BCUT2D eigenvalue weighted by Crippen LogP contribution is -2.53. The first kappa shape index (κ1) is 24.1. The van der Waals surface area contributed by atoms with E-state index in [2.05, 4.69) is 0 Å². The maximum absolute atomic E-state index is 14.3. The Bertz CT molecular complexity index is 1270. The Balaban J connectivity index is 1.51. The van der Waals surface area contributed by atoms with Gasteiger partial charge in [-0.3, -0.25) is 9.59 Å². The predicted molar refractivity (Wildman–Crippen MR) is 137 cm³/mol. The molecule has 0 radical (unpaired) electrons. The third-order valence-corrected chi connectivity index (χ3v) is 8.00. The molecule has 9 heteroatoms. The number of thiophene rings is 1. The summed E-state index contributed by atoms with van der Waals surface area (Å²) >= 11 is 1.52. The second-order valence-electron chi connectivity index (χ2n) is 8.91. The number of rotatable bonds is 5. The van der Waals surface area contributed by atoms with Crippen molar-refractivity contribution in [1.29, 1.82) is 0 Å². The van der Waals surface area contributed by atoms with E-state index < -0.39 is 12.0 Å². The van der Waals surface area contributed by atoms with E-state index in [-0.39, 0.29) is 17.6 Å². The number of amides is 2. The first-order valence-electron chi connectivity index (χ1n) is 11.8. The van der Waals surface area contributed by atoms with Gasteiger partial charge in [-0.25, -0.2) is 4.39 Å². The number of anilines is 1. The predicted octanol–water partition coefficient (Wildman–Crippen LogP) is 4.16. The van der Waals surface area contributed by atoms with Crippen LogP contribution in [0.1, 0.15) is 32.8 Å². The van der Waals surface area contributed by atoms with Crippen molar-refractivity contribution in [1.82, 2.24) is 9.80 Å². The van der Waals surface area contributed by atoms with Crippen LogP contribution in [-0.4, -0.2) is 69.1 Å². The van der Waals surface area contributed by atoms with Gasteiger partial charge in [0.25, 0.3) is 5.91 Å². The number of piperazine rings is 1. The average molecular weight is 510 g/mol. The lowest BCUT2D eigenvalue weighted by atomic mass is 9.81. The number of ether oxygens (including phenoxy) is 2. The second kappa shape index (κ2) is 9.81. The first-order valence-corrected chi connectivity index (χ1v) is 12.7. The van der Waals surface area contributed by atoms with Gasteiger partial charge in [-0.2, -0.15) is 0 Å². The quantitative estimate of drug-likeness (QED) is 0.517. The van der Waals surface area contributed by atoms with Gasteiger partial charge in [0.15, 0.2) is 11.5 Å². The molecule has 3 aromatic rings. The molecule has 7 nitrogen and oxygen atoms in total. The zero-order chi connectivity index (χ0) is 25.4. The molecule has 1 fully saturated rings. The molecule has 0 N–H and O–H groups in total. The van der Waals surface area contributed by atoms with Crippen LogP contribution in [0.4, 0.5) is 10.1 Å². The van der Waals surface area contributed by atoms with Crippen LogP contribution in [0.3, 0.4) is 0 Å². The molecule has 2 atom stereocenters. The van der Waals surface area contributed by atoms with Crippen molar-refractivity contribution >= 4 is 28.8 Å². The van der Waals surface area contributed by atoms with E-state index in [4.69, 9.17) is 9.47 Å². The van der Waals surface area contributed by atoms with Crippen molar-refractivity contribution in [2.24, 2.45) is 0 Å². The number of fused-ring (bicyclic) bond motifs is 1. The van der Waals surface area contributed by atoms with E-state index in [0.29, 0.717) is 54.5 Å². The number of carbonyl (C=O) groups excluding carboxylic acids is 2. The van der Waals surface area contributed by atoms with Crippen molar-refractivity contribution in [2.45, 2.75) is 12.0 Å². The number of methoxy groups -OCH3 is 2. The second-order valence-corrected chi connectivity index (χ2v) is 9.89. The van der Waals surface area contributed by atoms with Crippen LogP contribution in [0.5, 0.6) is 11.5 Å². The molecule has 2 aromatic carbocycles. The number of nitrogens with zero attached hydrogens (tertiary/aromatic N) is 3. The smallest absolute Gasteiger partial charge is 0.254 e. The van der Waals surface area contributed by atoms with Crippen LogP contribution in [0.2, 0.25) is 0 Å². The highest BCUT2D eigenvalue weighted by molar-refractivity contribution is 7.10. The number of likely N-dealkylation sites (N-methyl/N-ethyl adjacent to an activating group) is 1. The van der Waals surface area contributed by atoms with E-state index in [1.165, 1.54) is 31.6 Å². The van der Waals surface area contributed by atoms with Crippen LogP contribution < -0.4 is 14.4 Å². The largest absolute Gasteiger partial charge is 0.493 e. The Morgan fingerprint density at radius 1 is 1.00 bits per heavy atom. The summed E-state index contributed by atoms with van der Waals surface area (Å²) in [6.07, 6.45) is 0. The topological polar surface area (TPSA) is 62.3 Å². The van der Waals surface area contributed by atoms with Crippen molar-refractivity contribution in [3.63, 3.8) is 0 Å². The minimum absolute atomic E-state index is 0.0607. The highest BCUT2D eigenvalue weighted by Gasteiger charge is 2.45. The molecule has 1 aromatic heterocycles. The molecule has 0 spiro atoms. The fraction of sp³-hybridized carbons (Fsp3) is 0.333. The minimum Gasteiger partial charge on any atom is -0.493 e. The minimum atomic E-state index is -0.610. The molecular formula is C27H28FN3O4S. The van der Waals surface area contributed by atoms with Crippen molar-refractivity contribution in [2.75, 3.05) is 52.3 Å². The van der Waals surface area contributed by atoms with E-state index in [0.717, 1.165) is 4.88 Å². The summed E-state index contributed by atoms with van der Waals surface area (Å²) in [5, 5.41) is 1.95. The molecule has 188 valence electrons. The molecule has 2 aliphatic heterocycles. The summed E-state index contributed by atoms with van der Waals surface area (Å²) in [6, 6.07) is 13.6. The summed E-state index contributed by atoms with van der Waals surface area (Å²) in [6.45, 7) is 1.97. The molecule has 0 aliphatic carbocycles. The normalized spacial score (nSPS) is 19.8. The zero-order valence-electron chi connectivity index (χ0n) is 20.4. The van der Waals surface area contributed by atoms with E-state index in [9.17, 15) is 14.0 Å². The molecule has 5 rings (SSSR count). The lowest BCUT2D eigenvalue weighted by molar-refractivity contribution is -0.134. The van der Waals surface area contributed by atoms with E-state index in [1.807, 2.05) is 33.4 Å². The average Bonchev–Trinajstić information content (AvgIpc) is 3.44. The van der Waals surface area contributed by atoms with Crippen LogP contribution in [-0.2, 0) is 4.79 Å². The molecule has 1 saturated heterocycles. The van der Waals surface area contributed by atoms with Gasteiger partial charge >= 0.3 is 0 Å². The summed E-state index contributed by atoms with van der Waals surface area (Å²) in [4.78, 5) is 34.0. The molecule has 36 heavy (non-hydrogen) atoms. The fourth-order valence-electron chi connectivity index (χ4n) is 5.20. The highest BCUT2D eigenvalue weighted by atomic mass is 32.1.